The number of quaternary nitrogens is 1. The van der Waals surface area contributed by atoms with Crippen molar-refractivity contribution >= 4 is 19.7 Å². The number of nitrogens with one attached hydrogen (secondary N) is 1. The zero-order chi connectivity index (χ0) is 57.2. The van der Waals surface area contributed by atoms with Crippen LogP contribution in [0.15, 0.2) is 12.2 Å². The maximum Gasteiger partial charge on any atom is 0.472 e. The zero-order valence-electron chi connectivity index (χ0n) is 53.2. The van der Waals surface area contributed by atoms with Crippen LogP contribution in [0, 0.1) is 0 Å². The van der Waals surface area contributed by atoms with Crippen molar-refractivity contribution < 1.29 is 37.3 Å². The second-order valence-electron chi connectivity index (χ2n) is 25.1. The monoisotopic (exact) mass is 1120 g/mol. The summed E-state index contributed by atoms with van der Waals surface area (Å²) in [6.45, 7) is 7.07. The van der Waals surface area contributed by atoms with E-state index in [2.05, 4.69) is 26.1 Å². The van der Waals surface area contributed by atoms with Gasteiger partial charge in [-0.1, -0.05) is 329 Å². The van der Waals surface area contributed by atoms with Crippen molar-refractivity contribution in [2.24, 2.45) is 0 Å². The quantitative estimate of drug-likeness (QED) is 0.0205. The highest BCUT2D eigenvalue weighted by Gasteiger charge is 2.30. The topological polar surface area (TPSA) is 111 Å². The number of ether oxygens (including phenoxy) is 1. The Labute approximate surface area is 486 Å². The molecule has 0 aromatic carbocycles. The van der Waals surface area contributed by atoms with Gasteiger partial charge in [-0.2, -0.15) is 0 Å². The Kier molecular flexibility index (Phi) is 58.0. The molecule has 464 valence electrons. The standard InChI is InChI=1S/C68H135N2O7P/c1-7-10-13-16-19-22-25-27-29-30-31-32-33-34-35-36-37-38-39-40-41-42-45-48-51-54-57-60-67(71)69-65(64-76-78(73,74)75-63-62-70(4,5)6)66(59-56-53-50-47-44-24-21-18-15-12-9-3)77-68(72)61-58-55-52-49-46-43-28-26-23-20-17-14-11-8-2/h56,59,65-66H,7-55,57-58,60-64H2,1-6H3,(H-,69,71,73,74)/p+1/b59-56-. The minimum Gasteiger partial charge on any atom is -0.456 e. The molecule has 0 spiro atoms. The number of nitrogens with zero attached hydrogens (tertiary/aromatic N) is 1. The minimum atomic E-state index is -4.44. The Morgan fingerprint density at radius 3 is 1.05 bits per heavy atom. The number of esters is 1. The Balaban J connectivity index is 4.90. The van der Waals surface area contributed by atoms with Crippen LogP contribution in [-0.2, 0) is 27.9 Å². The fourth-order valence-electron chi connectivity index (χ4n) is 10.7. The zero-order valence-corrected chi connectivity index (χ0v) is 54.1. The first-order valence-corrected chi connectivity index (χ1v) is 36.0. The van der Waals surface area contributed by atoms with Crippen molar-refractivity contribution in [2.75, 3.05) is 40.9 Å². The van der Waals surface area contributed by atoms with Crippen molar-refractivity contribution in [3.63, 3.8) is 0 Å². The lowest BCUT2D eigenvalue weighted by Crippen LogP contribution is -2.47. The highest BCUT2D eigenvalue weighted by Crippen LogP contribution is 2.43. The molecule has 0 heterocycles. The highest BCUT2D eigenvalue weighted by molar-refractivity contribution is 7.47. The molecule has 9 nitrogen and oxygen atoms in total. The number of hydrogen-bond donors (Lipinski definition) is 2. The molecule has 0 radical (unpaired) electrons. The molecule has 0 aromatic rings. The summed E-state index contributed by atoms with van der Waals surface area (Å²) in [5.41, 5.74) is 0. The van der Waals surface area contributed by atoms with Gasteiger partial charge < -0.3 is 19.4 Å². The predicted molar refractivity (Wildman–Crippen MR) is 337 cm³/mol. The van der Waals surface area contributed by atoms with Crippen LogP contribution in [0.1, 0.15) is 361 Å². The molecule has 3 unspecified atom stereocenters. The van der Waals surface area contributed by atoms with E-state index in [0.29, 0.717) is 23.9 Å². The molecule has 2 N–H and O–H groups in total. The van der Waals surface area contributed by atoms with Gasteiger partial charge >= 0.3 is 13.8 Å². The van der Waals surface area contributed by atoms with Gasteiger partial charge in [0.1, 0.15) is 19.3 Å². The van der Waals surface area contributed by atoms with Gasteiger partial charge in [0.05, 0.1) is 33.8 Å². The number of carbonyl (C=O) groups excluding carboxylic acids is 2. The van der Waals surface area contributed by atoms with Gasteiger partial charge in [-0.3, -0.25) is 18.6 Å². The number of hydrogen-bond acceptors (Lipinski definition) is 6. The number of unbranched alkanes of at least 4 members (excludes halogenated alkanes) is 48. The normalized spacial score (nSPS) is 13.6. The van der Waals surface area contributed by atoms with Gasteiger partial charge in [-0.15, -0.1) is 0 Å². The molecule has 0 aliphatic heterocycles. The summed E-state index contributed by atoms with van der Waals surface area (Å²) in [4.78, 5) is 37.7. The first-order valence-electron chi connectivity index (χ1n) is 34.5. The largest absolute Gasteiger partial charge is 0.472 e. The summed E-state index contributed by atoms with van der Waals surface area (Å²) >= 11 is 0. The van der Waals surface area contributed by atoms with E-state index in [4.69, 9.17) is 13.8 Å². The lowest BCUT2D eigenvalue weighted by Gasteiger charge is -2.27. The molecule has 0 aliphatic carbocycles. The van der Waals surface area contributed by atoms with Crippen LogP contribution < -0.4 is 5.32 Å². The Bertz CT molecular complexity index is 1340. The number of phosphoric acid groups is 1. The third kappa shape index (κ3) is 59.4. The third-order valence-corrected chi connectivity index (χ3v) is 17.0. The maximum atomic E-state index is 13.6. The predicted octanol–water partition coefficient (Wildman–Crippen LogP) is 21.5. The number of likely N-dealkylation sites (N-methyl/N-ethyl adjacent to an activating group) is 1. The summed E-state index contributed by atoms with van der Waals surface area (Å²) in [7, 11) is 1.52. The molecule has 0 fully saturated rings. The lowest BCUT2D eigenvalue weighted by atomic mass is 10.0. The SMILES string of the molecule is CCCCCCCCCCC/C=C\C(OC(=O)CCCCCCCCCCCCCCCC)C(COP(=O)(O)OCC[N+](C)(C)C)NC(=O)CCCCCCCCCCCCCCCCCCCCCCCCCCCCC. The first-order chi connectivity index (χ1) is 37.9. The van der Waals surface area contributed by atoms with Crippen LogP contribution in [0.5, 0.6) is 0 Å². The summed E-state index contributed by atoms with van der Waals surface area (Å²) in [6, 6.07) is -0.839. The van der Waals surface area contributed by atoms with Crippen LogP contribution in [0.2, 0.25) is 0 Å². The van der Waals surface area contributed by atoms with Gasteiger partial charge in [0.25, 0.3) is 0 Å². The molecular weight excluding hydrogens is 988 g/mol. The van der Waals surface area contributed by atoms with E-state index < -0.39 is 20.0 Å². The van der Waals surface area contributed by atoms with Gasteiger partial charge in [0.2, 0.25) is 5.91 Å². The summed E-state index contributed by atoms with van der Waals surface area (Å²) in [6.07, 6.45) is 69.5. The molecule has 0 saturated heterocycles. The van der Waals surface area contributed by atoms with Crippen LogP contribution in [0.25, 0.3) is 0 Å². The van der Waals surface area contributed by atoms with Crippen molar-refractivity contribution in [3.05, 3.63) is 12.2 Å². The Hall–Kier alpha value is -1.25. The van der Waals surface area contributed by atoms with Crippen LogP contribution >= 0.6 is 7.82 Å². The van der Waals surface area contributed by atoms with Gasteiger partial charge in [0.15, 0.2) is 0 Å². The fraction of sp³-hybridized carbons (Fsp3) is 0.941. The molecule has 0 rings (SSSR count). The first kappa shape index (κ1) is 76.8. The van der Waals surface area contributed by atoms with E-state index in [1.54, 1.807) is 0 Å². The fourth-order valence-corrected chi connectivity index (χ4v) is 11.4. The molecule has 78 heavy (non-hydrogen) atoms. The molecule has 0 aliphatic rings. The summed E-state index contributed by atoms with van der Waals surface area (Å²) < 4.78 is 30.7. The number of amides is 1. The highest BCUT2D eigenvalue weighted by atomic mass is 31.2. The second-order valence-corrected chi connectivity index (χ2v) is 26.5. The lowest BCUT2D eigenvalue weighted by molar-refractivity contribution is -0.870. The molecule has 3 atom stereocenters. The average Bonchev–Trinajstić information content (AvgIpc) is 3.40. The van der Waals surface area contributed by atoms with E-state index in [-0.39, 0.29) is 25.1 Å². The molecule has 0 saturated carbocycles. The van der Waals surface area contributed by atoms with Crippen molar-refractivity contribution in [3.8, 4) is 0 Å². The van der Waals surface area contributed by atoms with Crippen LogP contribution in [0.3, 0.4) is 0 Å². The van der Waals surface area contributed by atoms with E-state index in [0.717, 1.165) is 57.8 Å². The molecular formula is C68H136N2O7P+. The molecule has 10 heteroatoms. The van der Waals surface area contributed by atoms with E-state index in [1.807, 2.05) is 33.3 Å². The minimum absolute atomic E-state index is 0.0458. The second kappa shape index (κ2) is 58.9. The third-order valence-electron chi connectivity index (χ3n) is 16.0. The van der Waals surface area contributed by atoms with Crippen molar-refractivity contribution in [1.29, 1.82) is 0 Å². The number of allylic oxidation sites excluding steroid dienone is 1. The van der Waals surface area contributed by atoms with E-state index >= 15 is 0 Å². The summed E-state index contributed by atoms with van der Waals surface area (Å²) in [5.74, 6) is -0.481. The van der Waals surface area contributed by atoms with E-state index in [9.17, 15) is 19.0 Å². The van der Waals surface area contributed by atoms with E-state index in [1.165, 1.54) is 270 Å². The Morgan fingerprint density at radius 2 is 0.731 bits per heavy atom. The number of carbonyl (C=O) groups is 2. The van der Waals surface area contributed by atoms with Crippen LogP contribution in [-0.4, -0.2) is 74.3 Å². The van der Waals surface area contributed by atoms with Gasteiger partial charge in [-0.25, -0.2) is 4.57 Å². The smallest absolute Gasteiger partial charge is 0.456 e. The maximum absolute atomic E-state index is 13.6. The Morgan fingerprint density at radius 1 is 0.436 bits per heavy atom. The average molecular weight is 1120 g/mol. The number of rotatable bonds is 64. The molecule has 1 amide bonds. The summed E-state index contributed by atoms with van der Waals surface area (Å²) in [5, 5.41) is 3.07. The number of phosphoric ester groups is 1. The van der Waals surface area contributed by atoms with Crippen molar-refractivity contribution in [2.45, 2.75) is 373 Å². The van der Waals surface area contributed by atoms with Gasteiger partial charge in [0, 0.05) is 12.8 Å². The molecule has 0 aromatic heterocycles. The molecule has 0 bridgehead atoms. The van der Waals surface area contributed by atoms with Gasteiger partial charge in [-0.05, 0) is 31.8 Å². The van der Waals surface area contributed by atoms with Crippen LogP contribution in [0.4, 0.5) is 0 Å². The van der Waals surface area contributed by atoms with Crippen molar-refractivity contribution in [1.82, 2.24) is 5.32 Å².